The Morgan fingerprint density at radius 3 is 2.85 bits per heavy atom. The van der Waals surface area contributed by atoms with Crippen molar-refractivity contribution in [1.29, 1.82) is 5.26 Å². The number of carboxylic acid groups (broad SMARTS) is 1. The summed E-state index contributed by atoms with van der Waals surface area (Å²) in [7, 11) is 1.74. The molecule has 0 aliphatic heterocycles. The molecule has 0 fully saturated rings. The van der Waals surface area contributed by atoms with Crippen LogP contribution in [-0.4, -0.2) is 20.9 Å². The van der Waals surface area contributed by atoms with Gasteiger partial charge in [-0.3, -0.25) is 4.68 Å². The second-order valence-corrected chi connectivity index (χ2v) is 5.52. The van der Waals surface area contributed by atoms with Crippen LogP contribution in [0.2, 0.25) is 5.02 Å². The van der Waals surface area contributed by atoms with Crippen molar-refractivity contribution in [3.63, 3.8) is 0 Å². The van der Waals surface area contributed by atoms with E-state index in [0.29, 0.717) is 21.2 Å². The number of rotatable bonds is 3. The third-order valence-corrected chi connectivity index (χ3v) is 4.15. The van der Waals surface area contributed by atoms with E-state index in [4.69, 9.17) is 22.0 Å². The SMILES string of the molecule is Cc1nn(C)c(Sc2ccc(Cl)c(C(=O)O)c2)c1C#N. The van der Waals surface area contributed by atoms with Crippen molar-refractivity contribution in [2.45, 2.75) is 16.8 Å². The van der Waals surface area contributed by atoms with Crippen LogP contribution in [0.5, 0.6) is 0 Å². The zero-order valence-corrected chi connectivity index (χ0v) is 12.3. The standard InChI is InChI=1S/C13H10ClN3O2S/c1-7-10(6-15)12(17(2)16-7)20-8-3-4-11(14)9(5-8)13(18)19/h3-5H,1-2H3,(H,18,19). The third kappa shape index (κ3) is 2.64. The first-order chi connectivity index (χ1) is 9.43. The summed E-state index contributed by atoms with van der Waals surface area (Å²) in [6.45, 7) is 1.76. The van der Waals surface area contributed by atoms with Gasteiger partial charge in [0.1, 0.15) is 16.7 Å². The molecule has 0 aliphatic carbocycles. The third-order valence-electron chi connectivity index (χ3n) is 2.66. The minimum Gasteiger partial charge on any atom is -0.478 e. The van der Waals surface area contributed by atoms with Gasteiger partial charge in [-0.25, -0.2) is 4.79 Å². The molecule has 0 saturated carbocycles. The van der Waals surface area contributed by atoms with Gasteiger partial charge in [0.15, 0.2) is 0 Å². The van der Waals surface area contributed by atoms with Gasteiger partial charge < -0.3 is 5.11 Å². The predicted octanol–water partition coefficient (Wildman–Crippen LogP) is 3.10. The number of halogens is 1. The minimum absolute atomic E-state index is 0.0362. The molecule has 2 rings (SSSR count). The van der Waals surface area contributed by atoms with E-state index in [1.54, 1.807) is 24.7 Å². The number of benzene rings is 1. The van der Waals surface area contributed by atoms with Crippen molar-refractivity contribution < 1.29 is 9.90 Å². The highest BCUT2D eigenvalue weighted by Crippen LogP contribution is 2.33. The van der Waals surface area contributed by atoms with Crippen molar-refractivity contribution in [3.05, 3.63) is 40.0 Å². The fourth-order valence-corrected chi connectivity index (χ4v) is 2.93. The Labute approximate surface area is 124 Å². The number of carbonyl (C=O) groups is 1. The molecule has 1 N–H and O–H groups in total. The minimum atomic E-state index is -1.08. The molecule has 0 atom stereocenters. The average Bonchev–Trinajstić information content (AvgIpc) is 2.65. The van der Waals surface area contributed by atoms with E-state index in [0.717, 1.165) is 0 Å². The smallest absolute Gasteiger partial charge is 0.337 e. The van der Waals surface area contributed by atoms with Gasteiger partial charge in [-0.2, -0.15) is 10.4 Å². The van der Waals surface area contributed by atoms with Gasteiger partial charge in [0.25, 0.3) is 0 Å². The molecule has 0 aliphatic rings. The molecule has 0 radical (unpaired) electrons. The number of nitriles is 1. The Hall–Kier alpha value is -1.97. The van der Waals surface area contributed by atoms with Crippen LogP contribution in [0.4, 0.5) is 0 Å². The molecule has 0 saturated heterocycles. The number of carboxylic acids is 1. The van der Waals surface area contributed by atoms with Gasteiger partial charge in [0.05, 0.1) is 16.3 Å². The first-order valence-corrected chi connectivity index (χ1v) is 6.78. The molecule has 0 bridgehead atoms. The Morgan fingerprint density at radius 1 is 1.55 bits per heavy atom. The van der Waals surface area contributed by atoms with Crippen molar-refractivity contribution in [2.24, 2.45) is 7.05 Å². The molecule has 1 aromatic carbocycles. The predicted molar refractivity (Wildman–Crippen MR) is 75.2 cm³/mol. The lowest BCUT2D eigenvalue weighted by Gasteiger charge is -2.05. The molecule has 0 amide bonds. The fraction of sp³-hybridized carbons (Fsp3) is 0.154. The van der Waals surface area contributed by atoms with E-state index in [9.17, 15) is 4.79 Å². The van der Waals surface area contributed by atoms with Crippen LogP contribution in [0.15, 0.2) is 28.1 Å². The van der Waals surface area contributed by atoms with Crippen molar-refractivity contribution in [3.8, 4) is 6.07 Å². The van der Waals surface area contributed by atoms with Crippen molar-refractivity contribution in [2.75, 3.05) is 0 Å². The lowest BCUT2D eigenvalue weighted by atomic mass is 10.2. The zero-order valence-electron chi connectivity index (χ0n) is 10.7. The zero-order chi connectivity index (χ0) is 14.9. The summed E-state index contributed by atoms with van der Waals surface area (Å²) in [6.07, 6.45) is 0. The second kappa shape index (κ2) is 5.57. The van der Waals surface area contributed by atoms with Crippen LogP contribution < -0.4 is 0 Å². The second-order valence-electron chi connectivity index (χ2n) is 4.05. The molecule has 2 aromatic rings. The van der Waals surface area contributed by atoms with E-state index >= 15 is 0 Å². The summed E-state index contributed by atoms with van der Waals surface area (Å²) >= 11 is 7.11. The Balaban J connectivity index is 2.44. The average molecular weight is 308 g/mol. The highest BCUT2D eigenvalue weighted by molar-refractivity contribution is 7.99. The Morgan fingerprint density at radius 2 is 2.25 bits per heavy atom. The molecule has 20 heavy (non-hydrogen) atoms. The van der Waals surface area contributed by atoms with Gasteiger partial charge in [-0.05, 0) is 25.1 Å². The van der Waals surface area contributed by atoms with Gasteiger partial charge in [-0.1, -0.05) is 23.4 Å². The van der Waals surface area contributed by atoms with Crippen LogP contribution in [0.25, 0.3) is 0 Å². The van der Waals surface area contributed by atoms with Gasteiger partial charge in [-0.15, -0.1) is 0 Å². The fourth-order valence-electron chi connectivity index (χ4n) is 1.73. The van der Waals surface area contributed by atoms with Crippen molar-refractivity contribution >= 4 is 29.3 Å². The molecule has 1 aromatic heterocycles. The van der Waals surface area contributed by atoms with Crippen LogP contribution in [0.3, 0.4) is 0 Å². The molecular weight excluding hydrogens is 298 g/mol. The van der Waals surface area contributed by atoms with Crippen LogP contribution >= 0.6 is 23.4 Å². The highest BCUT2D eigenvalue weighted by atomic mass is 35.5. The van der Waals surface area contributed by atoms with Crippen LogP contribution in [0, 0.1) is 18.3 Å². The van der Waals surface area contributed by atoms with E-state index < -0.39 is 5.97 Å². The van der Waals surface area contributed by atoms with Crippen molar-refractivity contribution in [1.82, 2.24) is 9.78 Å². The normalized spacial score (nSPS) is 10.3. The van der Waals surface area contributed by atoms with Gasteiger partial charge in [0.2, 0.25) is 0 Å². The molecule has 0 spiro atoms. The Bertz CT molecular complexity index is 734. The molecule has 5 nitrogen and oxygen atoms in total. The number of aryl methyl sites for hydroxylation is 2. The number of hydrogen-bond acceptors (Lipinski definition) is 4. The number of aromatic carboxylic acids is 1. The van der Waals surface area contributed by atoms with Gasteiger partial charge >= 0.3 is 5.97 Å². The van der Waals surface area contributed by atoms with Crippen LogP contribution in [0.1, 0.15) is 21.6 Å². The summed E-state index contributed by atoms with van der Waals surface area (Å²) in [5.74, 6) is -1.08. The van der Waals surface area contributed by atoms with E-state index in [1.807, 2.05) is 0 Å². The summed E-state index contributed by atoms with van der Waals surface area (Å²) in [5, 5.41) is 23.2. The Kier molecular flexibility index (Phi) is 4.02. The quantitative estimate of drug-likeness (QED) is 0.942. The molecule has 7 heteroatoms. The monoisotopic (exact) mass is 307 g/mol. The largest absolute Gasteiger partial charge is 0.478 e. The molecule has 102 valence electrons. The maximum Gasteiger partial charge on any atom is 0.337 e. The topological polar surface area (TPSA) is 78.9 Å². The van der Waals surface area contributed by atoms with E-state index in [2.05, 4.69) is 11.2 Å². The maximum atomic E-state index is 11.1. The maximum absolute atomic E-state index is 11.1. The van der Waals surface area contributed by atoms with Gasteiger partial charge in [0, 0.05) is 11.9 Å². The summed E-state index contributed by atoms with van der Waals surface area (Å²) in [5.41, 5.74) is 1.17. The first-order valence-electron chi connectivity index (χ1n) is 5.58. The van der Waals surface area contributed by atoms with Crippen LogP contribution in [-0.2, 0) is 7.05 Å². The first kappa shape index (κ1) is 14.4. The summed E-state index contributed by atoms with van der Waals surface area (Å²) in [4.78, 5) is 11.7. The lowest BCUT2D eigenvalue weighted by molar-refractivity contribution is 0.0697. The number of nitrogens with zero attached hydrogens (tertiary/aromatic N) is 3. The number of aromatic nitrogens is 2. The molecule has 1 heterocycles. The van der Waals surface area contributed by atoms with E-state index in [-0.39, 0.29) is 10.6 Å². The number of hydrogen-bond donors (Lipinski definition) is 1. The van der Waals surface area contributed by atoms with E-state index in [1.165, 1.54) is 23.9 Å². The summed E-state index contributed by atoms with van der Waals surface area (Å²) in [6, 6.07) is 6.83. The lowest BCUT2D eigenvalue weighted by Crippen LogP contribution is -1.98. The highest BCUT2D eigenvalue weighted by Gasteiger charge is 2.16. The molecule has 0 unspecified atom stereocenters. The molecular formula is C13H10ClN3O2S. The summed E-state index contributed by atoms with van der Waals surface area (Å²) < 4.78 is 1.60.